The second-order valence-corrected chi connectivity index (χ2v) is 13.8. The molecule has 200 valence electrons. The second-order valence-electron chi connectivity index (χ2n) is 12.4. The number of phosphoric acid groups is 1. The van der Waals surface area contributed by atoms with Crippen LogP contribution in [0.2, 0.25) is 0 Å². The monoisotopic (exact) mass is 522 g/mol. The first-order valence-corrected chi connectivity index (χ1v) is 14.4. The van der Waals surface area contributed by atoms with E-state index in [4.69, 9.17) is 13.6 Å². The lowest BCUT2D eigenvalue weighted by Gasteiger charge is -2.29. The molecule has 0 aromatic heterocycles. The Bertz CT molecular complexity index is 1250. The average Bonchev–Trinajstić information content (AvgIpc) is 2.72. The molecule has 0 bridgehead atoms. The van der Waals surface area contributed by atoms with Crippen molar-refractivity contribution in [2.24, 2.45) is 0 Å². The van der Waals surface area contributed by atoms with Crippen molar-refractivity contribution < 1.29 is 18.1 Å². The summed E-state index contributed by atoms with van der Waals surface area (Å²) in [5, 5.41) is 0. The van der Waals surface area contributed by atoms with Crippen molar-refractivity contribution in [3.8, 4) is 17.2 Å². The number of phosphoric ester groups is 1. The van der Waals surface area contributed by atoms with Gasteiger partial charge in [0.1, 0.15) is 17.2 Å². The first kappa shape index (κ1) is 28.9. The maximum absolute atomic E-state index is 14.6. The van der Waals surface area contributed by atoms with Gasteiger partial charge in [-0.15, -0.1) is 0 Å². The van der Waals surface area contributed by atoms with Crippen LogP contribution in [0.25, 0.3) is 0 Å². The van der Waals surface area contributed by atoms with Crippen LogP contribution in [0.4, 0.5) is 0 Å². The number of aryl methyl sites for hydroxylation is 6. The third-order valence-corrected chi connectivity index (χ3v) is 7.71. The molecule has 3 aromatic rings. The largest absolute Gasteiger partial charge is 0.647 e. The third kappa shape index (κ3) is 6.79. The molecule has 0 unspecified atom stereocenters. The minimum absolute atomic E-state index is 0.0402. The molecule has 3 aromatic carbocycles. The molecule has 0 saturated carbocycles. The van der Waals surface area contributed by atoms with Crippen molar-refractivity contribution in [3.63, 3.8) is 0 Å². The van der Waals surface area contributed by atoms with Gasteiger partial charge in [-0.05, 0) is 86.3 Å². The van der Waals surface area contributed by atoms with Gasteiger partial charge in [0, 0.05) is 5.56 Å². The molecule has 0 saturated heterocycles. The molecular formula is C32H43O4P. The predicted octanol–water partition coefficient (Wildman–Crippen LogP) is 9.78. The average molecular weight is 523 g/mol. The Hall–Kier alpha value is -2.71. The summed E-state index contributed by atoms with van der Waals surface area (Å²) in [6.45, 7) is 24.7. The summed E-state index contributed by atoms with van der Waals surface area (Å²) in [6, 6.07) is 14.1. The van der Waals surface area contributed by atoms with E-state index in [2.05, 4.69) is 47.6 Å². The topological polar surface area (TPSA) is 44.8 Å². The fourth-order valence-corrected chi connectivity index (χ4v) is 6.22. The predicted molar refractivity (Wildman–Crippen MR) is 155 cm³/mol. The fraction of sp³-hybridized carbons (Fsp3) is 0.438. The van der Waals surface area contributed by atoms with E-state index in [1.807, 2.05) is 77.9 Å². The van der Waals surface area contributed by atoms with Crippen molar-refractivity contribution in [1.82, 2.24) is 0 Å². The van der Waals surface area contributed by atoms with Crippen molar-refractivity contribution in [3.05, 3.63) is 87.0 Å². The second kappa shape index (κ2) is 10.2. The zero-order valence-corrected chi connectivity index (χ0v) is 25.5. The fourth-order valence-electron chi connectivity index (χ4n) is 4.68. The summed E-state index contributed by atoms with van der Waals surface area (Å²) in [5.41, 5.74) is 7.55. The number of hydrogen-bond donors (Lipinski definition) is 0. The van der Waals surface area contributed by atoms with Gasteiger partial charge in [-0.3, -0.25) is 0 Å². The maximum Gasteiger partial charge on any atom is 0.647 e. The summed E-state index contributed by atoms with van der Waals surface area (Å²) in [5.74, 6) is 1.52. The molecule has 0 aliphatic heterocycles. The molecule has 4 nitrogen and oxygen atoms in total. The minimum Gasteiger partial charge on any atom is -0.386 e. The highest BCUT2D eigenvalue weighted by Crippen LogP contribution is 2.54. The summed E-state index contributed by atoms with van der Waals surface area (Å²) in [7, 11) is -4.18. The van der Waals surface area contributed by atoms with Crippen molar-refractivity contribution in [2.45, 2.75) is 93.9 Å². The highest BCUT2D eigenvalue weighted by atomic mass is 31.2. The van der Waals surface area contributed by atoms with E-state index in [0.717, 1.165) is 38.9 Å². The Labute approximate surface area is 224 Å². The van der Waals surface area contributed by atoms with Crippen LogP contribution in [0.15, 0.2) is 42.5 Å². The Morgan fingerprint density at radius 1 is 0.568 bits per heavy atom. The van der Waals surface area contributed by atoms with E-state index in [1.165, 1.54) is 5.56 Å². The molecule has 37 heavy (non-hydrogen) atoms. The van der Waals surface area contributed by atoms with E-state index >= 15 is 0 Å². The smallest absolute Gasteiger partial charge is 0.386 e. The number of benzene rings is 3. The summed E-state index contributed by atoms with van der Waals surface area (Å²) in [4.78, 5) is 0. The lowest BCUT2D eigenvalue weighted by molar-refractivity contribution is 0.293. The van der Waals surface area contributed by atoms with Gasteiger partial charge in [0.05, 0.1) is 0 Å². The molecule has 0 aliphatic rings. The molecule has 0 radical (unpaired) electrons. The Morgan fingerprint density at radius 2 is 0.973 bits per heavy atom. The van der Waals surface area contributed by atoms with Crippen LogP contribution in [0.5, 0.6) is 17.2 Å². The first-order chi connectivity index (χ1) is 16.9. The molecule has 0 amide bonds. The quantitative estimate of drug-likeness (QED) is 0.302. The molecule has 0 N–H and O–H groups in total. The Morgan fingerprint density at radius 3 is 1.32 bits per heavy atom. The minimum atomic E-state index is -4.18. The van der Waals surface area contributed by atoms with Gasteiger partial charge in [0.25, 0.3) is 0 Å². The van der Waals surface area contributed by atoms with Gasteiger partial charge in [0.2, 0.25) is 0 Å². The maximum atomic E-state index is 14.6. The van der Waals surface area contributed by atoms with Gasteiger partial charge >= 0.3 is 7.82 Å². The Balaban J connectivity index is 2.18. The summed E-state index contributed by atoms with van der Waals surface area (Å²) in [6.07, 6.45) is 0. The molecular weight excluding hydrogens is 479 g/mol. The van der Waals surface area contributed by atoms with Gasteiger partial charge in [-0.1, -0.05) is 89.1 Å². The van der Waals surface area contributed by atoms with E-state index in [9.17, 15) is 4.57 Å². The van der Waals surface area contributed by atoms with Crippen molar-refractivity contribution >= 4 is 7.82 Å². The summed E-state index contributed by atoms with van der Waals surface area (Å²) >= 11 is 0. The number of hydrogen-bond acceptors (Lipinski definition) is 4. The molecule has 5 heteroatoms. The highest BCUT2D eigenvalue weighted by Gasteiger charge is 2.37. The van der Waals surface area contributed by atoms with E-state index < -0.39 is 7.82 Å². The lowest BCUT2D eigenvalue weighted by Crippen LogP contribution is -2.18. The van der Waals surface area contributed by atoms with E-state index in [1.54, 1.807) is 0 Å². The molecule has 0 fully saturated rings. The number of rotatable bonds is 6. The van der Waals surface area contributed by atoms with Gasteiger partial charge in [-0.2, -0.15) is 4.57 Å². The molecule has 0 aliphatic carbocycles. The standard InChI is InChI=1S/C32H43O4P/c1-20-15-22(3)29(23(4)16-20)35-37(33,36-30-24(5)17-21(2)18-25(30)6)34-28-14-13-26(31(7,8)9)19-27(28)32(10,11)12/h13-19H,1-12H3. The van der Waals surface area contributed by atoms with Crippen LogP contribution in [0.3, 0.4) is 0 Å². The van der Waals surface area contributed by atoms with Gasteiger partial charge in [0.15, 0.2) is 0 Å². The van der Waals surface area contributed by atoms with E-state index in [0.29, 0.717) is 17.2 Å². The van der Waals surface area contributed by atoms with Crippen LogP contribution >= 0.6 is 7.82 Å². The molecule has 3 rings (SSSR count). The van der Waals surface area contributed by atoms with Crippen LogP contribution in [-0.2, 0) is 15.4 Å². The SMILES string of the molecule is Cc1cc(C)c(OP(=O)(Oc2ccc(C(C)(C)C)cc2C(C)(C)C)Oc2c(C)cc(C)cc2C)c(C)c1. The molecule has 0 atom stereocenters. The molecule has 0 spiro atoms. The zero-order valence-electron chi connectivity index (χ0n) is 24.6. The lowest BCUT2D eigenvalue weighted by atomic mass is 9.80. The van der Waals surface area contributed by atoms with Crippen LogP contribution in [-0.4, -0.2) is 0 Å². The Kier molecular flexibility index (Phi) is 7.97. The van der Waals surface area contributed by atoms with Crippen LogP contribution in [0.1, 0.15) is 86.1 Å². The third-order valence-electron chi connectivity index (χ3n) is 6.48. The van der Waals surface area contributed by atoms with Crippen LogP contribution < -0.4 is 13.6 Å². The van der Waals surface area contributed by atoms with Crippen molar-refractivity contribution in [2.75, 3.05) is 0 Å². The van der Waals surface area contributed by atoms with Gasteiger partial charge < -0.3 is 13.6 Å². The van der Waals surface area contributed by atoms with Crippen LogP contribution in [0, 0.1) is 41.5 Å². The highest BCUT2D eigenvalue weighted by molar-refractivity contribution is 7.49. The summed E-state index contributed by atoms with van der Waals surface area (Å²) < 4.78 is 33.4. The van der Waals surface area contributed by atoms with E-state index in [-0.39, 0.29) is 10.8 Å². The first-order valence-electron chi connectivity index (χ1n) is 12.9. The zero-order chi connectivity index (χ0) is 27.9. The molecule has 0 heterocycles. The van der Waals surface area contributed by atoms with Gasteiger partial charge in [-0.25, -0.2) is 0 Å². The van der Waals surface area contributed by atoms with Crippen molar-refractivity contribution in [1.29, 1.82) is 0 Å². The normalized spacial score (nSPS) is 12.4.